The molecule has 2 rings (SSSR count). The zero-order valence-corrected chi connectivity index (χ0v) is 13.3. The van der Waals surface area contributed by atoms with Crippen molar-refractivity contribution in [2.75, 3.05) is 59.5 Å². The summed E-state index contributed by atoms with van der Waals surface area (Å²) in [6.45, 7) is 8.43. The normalized spacial score (nSPS) is 23.6. The Morgan fingerprint density at radius 1 is 1.00 bits per heavy atom. The third-order valence-corrected chi connectivity index (χ3v) is 4.99. The highest BCUT2D eigenvalue weighted by Crippen LogP contribution is 2.22. The van der Waals surface area contributed by atoms with Gasteiger partial charge in [-0.15, -0.1) is 0 Å². The van der Waals surface area contributed by atoms with E-state index in [0.717, 1.165) is 19.1 Å². The highest BCUT2D eigenvalue weighted by molar-refractivity contribution is 4.77. The van der Waals surface area contributed by atoms with Crippen molar-refractivity contribution in [3.05, 3.63) is 0 Å². The molecule has 20 heavy (non-hydrogen) atoms. The smallest absolute Gasteiger partial charge is 0.0558 e. The SMILES string of the molecule is CN1CCN(CCCN(CCO)C2CCCCC2)CC1. The van der Waals surface area contributed by atoms with Crippen LogP contribution in [0.5, 0.6) is 0 Å². The van der Waals surface area contributed by atoms with Crippen LogP contribution in [-0.2, 0) is 0 Å². The predicted octanol–water partition coefficient (Wildman–Crippen LogP) is 1.25. The van der Waals surface area contributed by atoms with Crippen molar-refractivity contribution in [3.63, 3.8) is 0 Å². The van der Waals surface area contributed by atoms with Crippen molar-refractivity contribution in [1.29, 1.82) is 0 Å². The van der Waals surface area contributed by atoms with E-state index in [0.29, 0.717) is 6.61 Å². The maximum atomic E-state index is 9.29. The van der Waals surface area contributed by atoms with Gasteiger partial charge in [0.1, 0.15) is 0 Å². The monoisotopic (exact) mass is 283 g/mol. The van der Waals surface area contributed by atoms with Gasteiger partial charge < -0.3 is 14.9 Å². The molecular weight excluding hydrogens is 250 g/mol. The average molecular weight is 283 g/mol. The van der Waals surface area contributed by atoms with Gasteiger partial charge in [-0.2, -0.15) is 0 Å². The summed E-state index contributed by atoms with van der Waals surface area (Å²) >= 11 is 0. The lowest BCUT2D eigenvalue weighted by molar-refractivity contribution is 0.108. The third kappa shape index (κ3) is 5.32. The largest absolute Gasteiger partial charge is 0.395 e. The summed E-state index contributed by atoms with van der Waals surface area (Å²) in [5.74, 6) is 0. The van der Waals surface area contributed by atoms with Crippen LogP contribution in [0, 0.1) is 0 Å². The Hall–Kier alpha value is -0.160. The van der Waals surface area contributed by atoms with Gasteiger partial charge in [0.2, 0.25) is 0 Å². The Morgan fingerprint density at radius 2 is 1.70 bits per heavy atom. The van der Waals surface area contributed by atoms with Crippen LogP contribution in [0.1, 0.15) is 38.5 Å². The summed E-state index contributed by atoms with van der Waals surface area (Å²) in [6, 6.07) is 0.739. The fraction of sp³-hybridized carbons (Fsp3) is 1.00. The summed E-state index contributed by atoms with van der Waals surface area (Å²) in [5.41, 5.74) is 0. The van der Waals surface area contributed by atoms with Crippen LogP contribution < -0.4 is 0 Å². The van der Waals surface area contributed by atoms with Crippen LogP contribution in [0.15, 0.2) is 0 Å². The maximum Gasteiger partial charge on any atom is 0.0558 e. The molecule has 1 saturated heterocycles. The maximum absolute atomic E-state index is 9.29. The Bertz CT molecular complexity index is 248. The van der Waals surface area contributed by atoms with E-state index in [1.165, 1.54) is 71.2 Å². The van der Waals surface area contributed by atoms with Crippen molar-refractivity contribution in [3.8, 4) is 0 Å². The molecule has 0 atom stereocenters. The lowest BCUT2D eigenvalue weighted by Crippen LogP contribution is -2.46. The van der Waals surface area contributed by atoms with Gasteiger partial charge in [-0.25, -0.2) is 0 Å². The van der Waals surface area contributed by atoms with Crippen LogP contribution in [-0.4, -0.2) is 85.3 Å². The molecule has 1 heterocycles. The van der Waals surface area contributed by atoms with Crippen LogP contribution in [0.3, 0.4) is 0 Å². The number of aliphatic hydroxyl groups excluding tert-OH is 1. The van der Waals surface area contributed by atoms with E-state index in [-0.39, 0.29) is 0 Å². The van der Waals surface area contributed by atoms with Gasteiger partial charge in [-0.1, -0.05) is 19.3 Å². The minimum atomic E-state index is 0.311. The summed E-state index contributed by atoms with van der Waals surface area (Å²) in [4.78, 5) is 7.56. The summed E-state index contributed by atoms with van der Waals surface area (Å²) < 4.78 is 0. The van der Waals surface area contributed by atoms with Gasteiger partial charge in [0.25, 0.3) is 0 Å². The van der Waals surface area contributed by atoms with E-state index >= 15 is 0 Å². The van der Waals surface area contributed by atoms with E-state index in [1.54, 1.807) is 0 Å². The molecule has 0 bridgehead atoms. The quantitative estimate of drug-likeness (QED) is 0.762. The first-order valence-electron chi connectivity index (χ1n) is 8.55. The van der Waals surface area contributed by atoms with E-state index < -0.39 is 0 Å². The number of piperazine rings is 1. The molecule has 0 aromatic rings. The molecule has 0 unspecified atom stereocenters. The minimum Gasteiger partial charge on any atom is -0.395 e. The van der Waals surface area contributed by atoms with Gasteiger partial charge in [-0.05, 0) is 39.4 Å². The van der Waals surface area contributed by atoms with Gasteiger partial charge in [-0.3, -0.25) is 4.90 Å². The lowest BCUT2D eigenvalue weighted by atomic mass is 9.94. The second kappa shape index (κ2) is 8.98. The highest BCUT2D eigenvalue weighted by atomic mass is 16.3. The number of rotatable bonds is 7. The van der Waals surface area contributed by atoms with Crippen LogP contribution in [0.25, 0.3) is 0 Å². The molecule has 4 nitrogen and oxygen atoms in total. The Labute approximate surface area is 124 Å². The second-order valence-corrected chi connectivity index (χ2v) is 6.55. The lowest BCUT2D eigenvalue weighted by Gasteiger charge is -2.36. The van der Waals surface area contributed by atoms with Crippen molar-refractivity contribution in [2.45, 2.75) is 44.6 Å². The summed E-state index contributed by atoms with van der Waals surface area (Å²) in [5, 5.41) is 9.29. The van der Waals surface area contributed by atoms with Crippen molar-refractivity contribution < 1.29 is 5.11 Å². The van der Waals surface area contributed by atoms with E-state index in [4.69, 9.17) is 0 Å². The Kier molecular flexibility index (Phi) is 7.28. The molecule has 0 spiro atoms. The van der Waals surface area contributed by atoms with E-state index in [9.17, 15) is 5.11 Å². The number of hydrogen-bond donors (Lipinski definition) is 1. The van der Waals surface area contributed by atoms with Crippen LogP contribution in [0.4, 0.5) is 0 Å². The molecule has 1 aliphatic heterocycles. The zero-order valence-electron chi connectivity index (χ0n) is 13.3. The molecule has 0 aromatic carbocycles. The van der Waals surface area contributed by atoms with E-state index in [1.807, 2.05) is 0 Å². The topological polar surface area (TPSA) is 30.0 Å². The predicted molar refractivity (Wildman–Crippen MR) is 84.1 cm³/mol. The first-order chi connectivity index (χ1) is 9.79. The molecule has 2 fully saturated rings. The van der Waals surface area contributed by atoms with Gasteiger partial charge in [0.05, 0.1) is 6.61 Å². The standard InChI is InChI=1S/C16H33N3O/c1-17-10-12-18(13-11-17)8-5-9-19(14-15-20)16-6-3-2-4-7-16/h16,20H,2-15H2,1H3. The molecular formula is C16H33N3O. The van der Waals surface area contributed by atoms with Gasteiger partial charge >= 0.3 is 0 Å². The molecule has 1 aliphatic carbocycles. The van der Waals surface area contributed by atoms with Crippen LogP contribution >= 0.6 is 0 Å². The zero-order chi connectivity index (χ0) is 14.2. The second-order valence-electron chi connectivity index (χ2n) is 6.55. The molecule has 1 N–H and O–H groups in total. The first-order valence-corrected chi connectivity index (χ1v) is 8.55. The molecule has 2 aliphatic rings. The Balaban J connectivity index is 1.66. The van der Waals surface area contributed by atoms with Crippen molar-refractivity contribution in [2.24, 2.45) is 0 Å². The number of hydrogen-bond acceptors (Lipinski definition) is 4. The molecule has 0 amide bonds. The van der Waals surface area contributed by atoms with Gasteiger partial charge in [0, 0.05) is 38.8 Å². The first kappa shape index (κ1) is 16.2. The Morgan fingerprint density at radius 3 is 2.35 bits per heavy atom. The minimum absolute atomic E-state index is 0.311. The fourth-order valence-electron chi connectivity index (χ4n) is 3.62. The van der Waals surface area contributed by atoms with E-state index in [2.05, 4.69) is 21.7 Å². The summed E-state index contributed by atoms with van der Waals surface area (Å²) in [7, 11) is 2.21. The number of aliphatic hydroxyl groups is 1. The van der Waals surface area contributed by atoms with Gasteiger partial charge in [0.15, 0.2) is 0 Å². The molecule has 1 saturated carbocycles. The van der Waals surface area contributed by atoms with Crippen molar-refractivity contribution in [1.82, 2.24) is 14.7 Å². The average Bonchev–Trinajstić information content (AvgIpc) is 2.49. The van der Waals surface area contributed by atoms with Crippen molar-refractivity contribution >= 4 is 0 Å². The summed E-state index contributed by atoms with van der Waals surface area (Å²) in [6.07, 6.45) is 8.10. The molecule has 118 valence electrons. The molecule has 0 aromatic heterocycles. The van der Waals surface area contributed by atoms with Crippen LogP contribution in [0.2, 0.25) is 0 Å². The fourth-order valence-corrected chi connectivity index (χ4v) is 3.62. The highest BCUT2D eigenvalue weighted by Gasteiger charge is 2.21. The number of nitrogens with zero attached hydrogens (tertiary/aromatic N) is 3. The third-order valence-electron chi connectivity index (χ3n) is 4.99. The molecule has 0 radical (unpaired) electrons. The molecule has 4 heteroatoms. The number of likely N-dealkylation sites (N-methyl/N-ethyl adjacent to an activating group) is 1.